The van der Waals surface area contributed by atoms with Gasteiger partial charge in [0.2, 0.25) is 0 Å². The maximum absolute atomic E-state index is 9.12. The van der Waals surface area contributed by atoms with Gasteiger partial charge in [0.1, 0.15) is 0 Å². The molecule has 0 aromatic carbocycles. The number of hydroxylamine groups is 2. The zero-order valence-electron chi connectivity index (χ0n) is 4.98. The first-order valence-corrected chi connectivity index (χ1v) is 5.34. The second-order valence-corrected chi connectivity index (χ2v) is 4.55. The van der Waals surface area contributed by atoms with Crippen LogP contribution in [0, 0.1) is 0 Å². The number of rotatable bonds is 2. The van der Waals surface area contributed by atoms with Crippen LogP contribution in [0.2, 0.25) is 0 Å². The Hall–Kier alpha value is 0.650. The summed E-state index contributed by atoms with van der Waals surface area (Å²) in [5, 5.41) is 9.12. The van der Waals surface area contributed by atoms with Crippen LogP contribution in [0.15, 0.2) is 0 Å². The summed E-state index contributed by atoms with van der Waals surface area (Å²) in [6.45, 7) is 2.83. The molecular weight excluding hydrogens is 205 g/mol. The first kappa shape index (κ1) is 7.65. The summed E-state index contributed by atoms with van der Waals surface area (Å²) < 4.78 is 0.249. The van der Waals surface area contributed by atoms with Crippen molar-refractivity contribution in [2.75, 3.05) is 18.5 Å². The second kappa shape index (κ2) is 2.84. The van der Waals surface area contributed by atoms with Crippen LogP contribution in [0.1, 0.15) is 6.92 Å². The Labute approximate surface area is 55.3 Å². The van der Waals surface area contributed by atoms with Gasteiger partial charge in [-0.2, -0.15) is 0 Å². The van der Waals surface area contributed by atoms with Crippen molar-refractivity contribution in [2.45, 2.75) is 6.92 Å². The van der Waals surface area contributed by atoms with Gasteiger partial charge in [-0.3, -0.25) is 0 Å². The third-order valence-corrected chi connectivity index (χ3v) is 3.70. The van der Waals surface area contributed by atoms with Crippen molar-refractivity contribution in [1.82, 2.24) is 0 Å². The molecule has 0 spiro atoms. The Morgan fingerprint density at radius 2 is 2.14 bits per heavy atom. The van der Waals surface area contributed by atoms with Crippen molar-refractivity contribution >= 4 is 0 Å². The molecule has 46 valence electrons. The Morgan fingerprint density at radius 3 is 2.14 bits per heavy atom. The van der Waals surface area contributed by atoms with Crippen LogP contribution in [-0.2, 0) is 0 Å². The van der Waals surface area contributed by atoms with E-state index in [0.29, 0.717) is 0 Å². The van der Waals surface area contributed by atoms with E-state index in [1.807, 2.05) is 14.0 Å². The molecule has 1 atom stereocenters. The topological polar surface area (TPSA) is 20.2 Å². The van der Waals surface area contributed by atoms with Crippen LogP contribution >= 0.6 is 0 Å². The second-order valence-electron chi connectivity index (χ2n) is 1.51. The van der Waals surface area contributed by atoms with Crippen LogP contribution in [-0.4, -0.2) is 26.6 Å². The van der Waals surface area contributed by atoms with E-state index in [0.717, 1.165) is 6.54 Å². The van der Waals surface area contributed by atoms with E-state index in [-0.39, 0.29) is 24.3 Å². The van der Waals surface area contributed by atoms with Crippen molar-refractivity contribution in [1.29, 1.82) is 0 Å². The molecule has 0 fully saturated rings. The molecule has 0 aliphatic heterocycles. The molecule has 0 bridgehead atoms. The maximum atomic E-state index is 9.12. The summed E-state index contributed by atoms with van der Waals surface area (Å²) in [7, 11) is 1.84. The summed E-state index contributed by atoms with van der Waals surface area (Å²) >= 11 is -0.0460. The average Bonchev–Trinajstić information content (AvgIpc) is 1.68. The molecule has 0 rings (SSSR count). The zero-order valence-corrected chi connectivity index (χ0v) is 7.14. The first-order valence-electron chi connectivity index (χ1n) is 2.22. The predicted octanol–water partition coefficient (Wildman–Crippen LogP) is -2.52. The molecule has 0 aliphatic rings. The molecule has 0 heterocycles. The molecule has 1 unspecified atom stereocenters. The average molecular weight is 217 g/mol. The number of hydrogen-bond acceptors (Lipinski definition) is 1. The van der Waals surface area contributed by atoms with Crippen LogP contribution in [0.5, 0.6) is 0 Å². The van der Waals surface area contributed by atoms with E-state index in [2.05, 4.69) is 4.93 Å². The minimum absolute atomic E-state index is 0.0460. The number of halogens is 1. The first-order chi connectivity index (χ1) is 3.12. The minimum atomic E-state index is -0.0460. The molecular formula is C4H12INO. The van der Waals surface area contributed by atoms with Crippen LogP contribution in [0.3, 0.4) is 0 Å². The van der Waals surface area contributed by atoms with Gasteiger partial charge in [-0.1, -0.05) is 0 Å². The number of alkyl halides is 1. The molecule has 0 aromatic heterocycles. The Balaban J connectivity index is 3.36. The van der Waals surface area contributed by atoms with Gasteiger partial charge in [-0.25, -0.2) is 0 Å². The summed E-state index contributed by atoms with van der Waals surface area (Å²) in [5.41, 5.74) is 0. The van der Waals surface area contributed by atoms with E-state index in [4.69, 9.17) is 5.21 Å². The van der Waals surface area contributed by atoms with E-state index in [1.165, 1.54) is 0 Å². The van der Waals surface area contributed by atoms with Crippen LogP contribution < -0.4 is 21.5 Å². The number of nitrogens with zero attached hydrogens (tertiary/aromatic N) is 1. The van der Waals surface area contributed by atoms with Crippen molar-refractivity contribution in [3.8, 4) is 0 Å². The van der Waals surface area contributed by atoms with Gasteiger partial charge in [0, 0.05) is 0 Å². The van der Waals surface area contributed by atoms with E-state index < -0.39 is 0 Å². The van der Waals surface area contributed by atoms with Crippen molar-refractivity contribution in [3.05, 3.63) is 0 Å². The number of hydrogen-bond donors (Lipinski definition) is 1. The zero-order chi connectivity index (χ0) is 5.91. The van der Waals surface area contributed by atoms with Crippen molar-refractivity contribution < 1.29 is 29.5 Å². The van der Waals surface area contributed by atoms with Gasteiger partial charge in [0.25, 0.3) is 0 Å². The molecule has 2 nitrogen and oxygen atoms in total. The van der Waals surface area contributed by atoms with E-state index in [9.17, 15) is 0 Å². The summed E-state index contributed by atoms with van der Waals surface area (Å²) in [4.78, 5) is 2.07. The Morgan fingerprint density at radius 1 is 1.71 bits per heavy atom. The van der Waals surface area contributed by atoms with Crippen LogP contribution in [0.4, 0.5) is 0 Å². The van der Waals surface area contributed by atoms with Gasteiger partial charge >= 0.3 is 55.0 Å². The molecule has 1 N–H and O–H groups in total. The van der Waals surface area contributed by atoms with Gasteiger partial charge < -0.3 is 0 Å². The normalized spacial score (nSPS) is 19.4. The summed E-state index contributed by atoms with van der Waals surface area (Å²) in [6.07, 6.45) is 0. The fraction of sp³-hybridized carbons (Fsp3) is 1.00. The quantitative estimate of drug-likeness (QED) is 0.234. The number of quaternary nitrogens is 1. The Kier molecular flexibility index (Phi) is 3.10. The molecule has 3 heteroatoms. The summed E-state index contributed by atoms with van der Waals surface area (Å²) in [5.74, 6) is 0. The molecule has 0 saturated heterocycles. The van der Waals surface area contributed by atoms with Gasteiger partial charge in [0.15, 0.2) is 0 Å². The third kappa shape index (κ3) is 3.25. The molecule has 0 aromatic rings. The van der Waals surface area contributed by atoms with Gasteiger partial charge in [-0.05, 0) is 0 Å². The van der Waals surface area contributed by atoms with Crippen molar-refractivity contribution in [2.24, 2.45) is 0 Å². The van der Waals surface area contributed by atoms with Crippen molar-refractivity contribution in [3.63, 3.8) is 0 Å². The van der Waals surface area contributed by atoms with Crippen LogP contribution in [0.25, 0.3) is 0 Å². The van der Waals surface area contributed by atoms with Gasteiger partial charge in [-0.15, -0.1) is 0 Å². The Bertz CT molecular complexity index is 49.7. The molecule has 0 saturated carbocycles. The molecule has 0 amide bonds. The molecule has 7 heavy (non-hydrogen) atoms. The predicted molar refractivity (Wildman–Crippen MR) is 24.4 cm³/mol. The fourth-order valence-corrected chi connectivity index (χ4v) is 0.802. The SMILES string of the molecule is CC[N+](C)(O)[I-]C. The molecule has 0 radical (unpaired) electrons. The van der Waals surface area contributed by atoms with E-state index in [1.54, 1.807) is 0 Å². The monoisotopic (exact) mass is 217 g/mol. The summed E-state index contributed by atoms with van der Waals surface area (Å²) in [6, 6.07) is 0. The third-order valence-electron chi connectivity index (χ3n) is 0.941. The standard InChI is InChI=1S/C4H12INO/c1-4-6(3,7)5-2/h7H,4H2,1-3H3. The van der Waals surface area contributed by atoms with E-state index >= 15 is 0 Å². The van der Waals surface area contributed by atoms with Gasteiger partial charge in [0.05, 0.1) is 0 Å². The molecule has 0 aliphatic carbocycles. The fourth-order valence-electron chi connectivity index (χ4n) is 0.120.